The second-order valence-corrected chi connectivity index (χ2v) is 4.76. The van der Waals surface area contributed by atoms with Gasteiger partial charge in [0.1, 0.15) is 5.75 Å². The molecule has 0 radical (unpaired) electrons. The van der Waals surface area contributed by atoms with Crippen LogP contribution in [-0.4, -0.2) is 24.9 Å². The molecule has 0 aliphatic rings. The minimum Gasteiger partial charge on any atom is -0.435 e. The molecule has 0 amide bonds. The topological polar surface area (TPSA) is 41.5 Å². The first-order valence-corrected chi connectivity index (χ1v) is 7.02. The second-order valence-electron chi connectivity index (χ2n) is 4.76. The van der Waals surface area contributed by atoms with Gasteiger partial charge in [-0.3, -0.25) is 0 Å². The van der Waals surface area contributed by atoms with Gasteiger partial charge >= 0.3 is 6.61 Å². The molecule has 1 aromatic rings. The van der Waals surface area contributed by atoms with E-state index in [-0.39, 0.29) is 18.4 Å². The van der Waals surface area contributed by atoms with Crippen molar-refractivity contribution in [3.05, 3.63) is 29.8 Å². The number of halogens is 2. The number of nitrogens with one attached hydrogen (secondary N) is 1. The maximum atomic E-state index is 12.1. The minimum atomic E-state index is -2.79. The minimum absolute atomic E-state index is 0.0917. The lowest BCUT2D eigenvalue weighted by molar-refractivity contribution is -0.0499. The van der Waals surface area contributed by atoms with Gasteiger partial charge in [0, 0.05) is 12.6 Å². The molecule has 0 aliphatic carbocycles. The third kappa shape index (κ3) is 6.82. The van der Waals surface area contributed by atoms with Crippen LogP contribution in [-0.2, 0) is 0 Å². The summed E-state index contributed by atoms with van der Waals surface area (Å²) in [5, 5.41) is 12.0. The molecule has 20 heavy (non-hydrogen) atoms. The normalized spacial score (nSPS) is 12.7. The molecular formula is C15H23F2NO2. The predicted molar refractivity (Wildman–Crippen MR) is 75.0 cm³/mol. The maximum Gasteiger partial charge on any atom is 0.387 e. The van der Waals surface area contributed by atoms with Gasteiger partial charge in [-0.05, 0) is 44.0 Å². The van der Waals surface area contributed by atoms with Gasteiger partial charge in [0.05, 0.1) is 0 Å². The van der Waals surface area contributed by atoms with Crippen molar-refractivity contribution in [2.24, 2.45) is 0 Å². The molecule has 0 aliphatic heterocycles. The standard InChI is InChI=1S/C15H23F2NO2/c1-12(18-9-4-2-3-5-10-19)13-7-6-8-14(11-13)20-15(16)17/h6-8,11-12,15,18-19H,2-5,9-10H2,1H3. The number of hydrogen-bond acceptors (Lipinski definition) is 3. The Balaban J connectivity index is 2.33. The Morgan fingerprint density at radius 3 is 2.65 bits per heavy atom. The lowest BCUT2D eigenvalue weighted by Crippen LogP contribution is -2.20. The van der Waals surface area contributed by atoms with Crippen LogP contribution in [0.3, 0.4) is 0 Å². The molecule has 1 aromatic carbocycles. The van der Waals surface area contributed by atoms with Crippen molar-refractivity contribution < 1.29 is 18.6 Å². The fourth-order valence-corrected chi connectivity index (χ4v) is 1.99. The van der Waals surface area contributed by atoms with Gasteiger partial charge in [0.25, 0.3) is 0 Å². The zero-order valence-corrected chi connectivity index (χ0v) is 11.8. The summed E-state index contributed by atoms with van der Waals surface area (Å²) < 4.78 is 28.7. The van der Waals surface area contributed by atoms with Gasteiger partial charge in [0.15, 0.2) is 0 Å². The number of alkyl halides is 2. The summed E-state index contributed by atoms with van der Waals surface area (Å²) in [6, 6.07) is 6.86. The Kier molecular flexibility index (Phi) is 8.14. The SMILES string of the molecule is CC(NCCCCCCO)c1cccc(OC(F)F)c1. The molecule has 0 spiro atoms. The van der Waals surface area contributed by atoms with Crippen molar-refractivity contribution in [3.63, 3.8) is 0 Å². The summed E-state index contributed by atoms with van der Waals surface area (Å²) in [4.78, 5) is 0. The summed E-state index contributed by atoms with van der Waals surface area (Å²) >= 11 is 0. The summed E-state index contributed by atoms with van der Waals surface area (Å²) in [6.45, 7) is 0.322. The quantitative estimate of drug-likeness (QED) is 0.647. The molecule has 1 atom stereocenters. The first-order valence-electron chi connectivity index (χ1n) is 7.02. The number of aliphatic hydroxyl groups excluding tert-OH is 1. The first kappa shape index (κ1) is 16.9. The Hall–Kier alpha value is -1.20. The van der Waals surface area contributed by atoms with E-state index in [0.717, 1.165) is 37.8 Å². The van der Waals surface area contributed by atoms with Crippen molar-refractivity contribution >= 4 is 0 Å². The van der Waals surface area contributed by atoms with E-state index in [1.54, 1.807) is 12.1 Å². The molecule has 0 bridgehead atoms. The summed E-state index contributed by atoms with van der Waals surface area (Å²) in [6.07, 6.45) is 4.00. The van der Waals surface area contributed by atoms with E-state index in [9.17, 15) is 8.78 Å². The average molecular weight is 287 g/mol. The molecule has 0 saturated carbocycles. The summed E-state index contributed by atoms with van der Waals surface area (Å²) in [5.41, 5.74) is 0.929. The Morgan fingerprint density at radius 2 is 1.95 bits per heavy atom. The zero-order valence-electron chi connectivity index (χ0n) is 11.8. The lowest BCUT2D eigenvalue weighted by Gasteiger charge is -2.15. The van der Waals surface area contributed by atoms with Gasteiger partial charge in [0.2, 0.25) is 0 Å². The number of aliphatic hydroxyl groups is 1. The van der Waals surface area contributed by atoms with E-state index in [1.807, 2.05) is 13.0 Å². The Labute approximate surface area is 119 Å². The molecule has 0 heterocycles. The van der Waals surface area contributed by atoms with Crippen LogP contribution in [0.2, 0.25) is 0 Å². The largest absolute Gasteiger partial charge is 0.435 e. The molecule has 0 aromatic heterocycles. The van der Waals surface area contributed by atoms with E-state index < -0.39 is 6.61 Å². The van der Waals surface area contributed by atoms with Crippen molar-refractivity contribution in [1.29, 1.82) is 0 Å². The molecular weight excluding hydrogens is 264 g/mol. The highest BCUT2D eigenvalue weighted by molar-refractivity contribution is 5.30. The highest BCUT2D eigenvalue weighted by atomic mass is 19.3. The number of hydrogen-bond donors (Lipinski definition) is 2. The van der Waals surface area contributed by atoms with Gasteiger partial charge in [-0.1, -0.05) is 25.0 Å². The fraction of sp³-hybridized carbons (Fsp3) is 0.600. The average Bonchev–Trinajstić information content (AvgIpc) is 2.42. The highest BCUT2D eigenvalue weighted by Gasteiger charge is 2.08. The molecule has 5 heteroatoms. The molecule has 0 fully saturated rings. The third-order valence-corrected chi connectivity index (χ3v) is 3.12. The van der Waals surface area contributed by atoms with E-state index in [4.69, 9.17) is 5.11 Å². The highest BCUT2D eigenvalue weighted by Crippen LogP contribution is 2.20. The predicted octanol–water partition coefficient (Wildman–Crippen LogP) is 3.49. The number of rotatable bonds is 10. The van der Waals surface area contributed by atoms with Gasteiger partial charge in [-0.15, -0.1) is 0 Å². The summed E-state index contributed by atoms with van der Waals surface area (Å²) in [7, 11) is 0. The number of unbranched alkanes of at least 4 members (excludes halogenated alkanes) is 3. The van der Waals surface area contributed by atoms with Crippen LogP contribution in [0.4, 0.5) is 8.78 Å². The molecule has 2 N–H and O–H groups in total. The van der Waals surface area contributed by atoms with Crippen LogP contribution in [0.5, 0.6) is 5.75 Å². The Bertz CT molecular complexity index is 375. The molecule has 1 rings (SSSR count). The van der Waals surface area contributed by atoms with Gasteiger partial charge < -0.3 is 15.2 Å². The first-order chi connectivity index (χ1) is 9.63. The van der Waals surface area contributed by atoms with Crippen molar-refractivity contribution in [3.8, 4) is 5.75 Å². The van der Waals surface area contributed by atoms with Crippen LogP contribution in [0, 0.1) is 0 Å². The van der Waals surface area contributed by atoms with Gasteiger partial charge in [-0.2, -0.15) is 8.78 Å². The van der Waals surface area contributed by atoms with Crippen molar-refractivity contribution in [2.45, 2.75) is 45.3 Å². The van der Waals surface area contributed by atoms with Crippen LogP contribution in [0.15, 0.2) is 24.3 Å². The van der Waals surface area contributed by atoms with Crippen LogP contribution in [0.1, 0.15) is 44.2 Å². The molecule has 114 valence electrons. The monoisotopic (exact) mass is 287 g/mol. The van der Waals surface area contributed by atoms with Crippen molar-refractivity contribution in [1.82, 2.24) is 5.32 Å². The van der Waals surface area contributed by atoms with Crippen LogP contribution >= 0.6 is 0 Å². The summed E-state index contributed by atoms with van der Waals surface area (Å²) in [5.74, 6) is 0.189. The fourth-order valence-electron chi connectivity index (χ4n) is 1.99. The smallest absolute Gasteiger partial charge is 0.387 e. The molecule has 3 nitrogen and oxygen atoms in total. The zero-order chi connectivity index (χ0) is 14.8. The number of benzene rings is 1. The van der Waals surface area contributed by atoms with E-state index in [1.165, 1.54) is 6.07 Å². The van der Waals surface area contributed by atoms with E-state index >= 15 is 0 Å². The molecule has 1 unspecified atom stereocenters. The lowest BCUT2D eigenvalue weighted by atomic mass is 10.1. The molecule has 0 saturated heterocycles. The van der Waals surface area contributed by atoms with Crippen molar-refractivity contribution in [2.75, 3.05) is 13.2 Å². The third-order valence-electron chi connectivity index (χ3n) is 3.12. The van der Waals surface area contributed by atoms with Crippen LogP contribution in [0.25, 0.3) is 0 Å². The second kappa shape index (κ2) is 9.66. The van der Waals surface area contributed by atoms with E-state index in [0.29, 0.717) is 0 Å². The maximum absolute atomic E-state index is 12.1. The van der Waals surface area contributed by atoms with E-state index in [2.05, 4.69) is 10.1 Å². The number of ether oxygens (including phenoxy) is 1. The van der Waals surface area contributed by atoms with Crippen LogP contribution < -0.4 is 10.1 Å². The van der Waals surface area contributed by atoms with Gasteiger partial charge in [-0.25, -0.2) is 0 Å². The Morgan fingerprint density at radius 1 is 1.20 bits per heavy atom.